The number of nitrogens with one attached hydrogen (secondary N) is 2. The van der Waals surface area contributed by atoms with Gasteiger partial charge in [0.25, 0.3) is 5.91 Å². The Morgan fingerprint density at radius 3 is 3.07 bits per heavy atom. The smallest absolute Gasteiger partial charge is 0.273 e. The Kier molecular flexibility index (Phi) is 6.85. The van der Waals surface area contributed by atoms with Gasteiger partial charge in [-0.15, -0.1) is 0 Å². The van der Waals surface area contributed by atoms with Gasteiger partial charge in [0.15, 0.2) is 11.6 Å². The second-order valence-electron chi connectivity index (χ2n) is 6.31. The van der Waals surface area contributed by atoms with Gasteiger partial charge in [-0.05, 0) is 19.1 Å². The highest BCUT2D eigenvalue weighted by Gasteiger charge is 2.14. The van der Waals surface area contributed by atoms with Crippen LogP contribution in [0.4, 0.5) is 4.39 Å². The number of oxazole rings is 1. The van der Waals surface area contributed by atoms with Crippen molar-refractivity contribution < 1.29 is 18.9 Å². The molecule has 1 amide bonds. The van der Waals surface area contributed by atoms with Gasteiger partial charge < -0.3 is 20.4 Å². The van der Waals surface area contributed by atoms with E-state index in [-0.39, 0.29) is 17.9 Å². The molecule has 0 spiro atoms. The predicted octanol–water partition coefficient (Wildman–Crippen LogP) is 0.540. The molecule has 2 aromatic heterocycles. The van der Waals surface area contributed by atoms with E-state index in [9.17, 15) is 9.18 Å². The van der Waals surface area contributed by atoms with Crippen LogP contribution in [0.2, 0.25) is 0 Å². The van der Waals surface area contributed by atoms with Crippen molar-refractivity contribution in [3.05, 3.63) is 59.5 Å². The minimum atomic E-state index is -0.458. The lowest BCUT2D eigenvalue weighted by Crippen LogP contribution is -2.85. The summed E-state index contributed by atoms with van der Waals surface area (Å²) >= 11 is 0. The molecule has 0 bridgehead atoms. The fourth-order valence-corrected chi connectivity index (χ4v) is 2.69. The standard InChI is InChI=1S/C19H23FN6O2/c1-2-13-10-23-17(25-13)5-8-21-9-6-18-26-16(12-28-18)19(27)24-11-15-14(20)4-3-7-22-15/h2-4,7,12,21H,5-6,8-11H2,1H3,(H,23,25)(H,24,27)/p+1/b13-2+. The maximum absolute atomic E-state index is 13.5. The summed E-state index contributed by atoms with van der Waals surface area (Å²) in [5.74, 6) is 0.635. The highest BCUT2D eigenvalue weighted by Crippen LogP contribution is 2.05. The number of halogens is 1. The monoisotopic (exact) mass is 387 g/mol. The van der Waals surface area contributed by atoms with Crippen molar-refractivity contribution in [3.8, 4) is 0 Å². The lowest BCUT2D eigenvalue weighted by molar-refractivity contribution is -0.653. The normalized spacial score (nSPS) is 14.8. The van der Waals surface area contributed by atoms with Gasteiger partial charge >= 0.3 is 0 Å². The number of nitrogens with two attached hydrogens (primary N) is 1. The van der Waals surface area contributed by atoms with Crippen molar-refractivity contribution in [2.24, 2.45) is 4.99 Å². The van der Waals surface area contributed by atoms with E-state index in [0.29, 0.717) is 12.3 Å². The second kappa shape index (κ2) is 9.75. The lowest BCUT2D eigenvalue weighted by Gasteiger charge is -2.03. The van der Waals surface area contributed by atoms with E-state index < -0.39 is 11.7 Å². The Morgan fingerprint density at radius 2 is 2.29 bits per heavy atom. The van der Waals surface area contributed by atoms with Crippen LogP contribution in [-0.2, 0) is 13.0 Å². The van der Waals surface area contributed by atoms with Crippen molar-refractivity contribution >= 4 is 11.7 Å². The molecule has 2 aromatic rings. The number of rotatable bonds is 9. The highest BCUT2D eigenvalue weighted by molar-refractivity contribution is 5.91. The molecule has 0 fully saturated rings. The summed E-state index contributed by atoms with van der Waals surface area (Å²) in [6, 6.07) is 2.80. The van der Waals surface area contributed by atoms with Crippen LogP contribution in [0.5, 0.6) is 0 Å². The minimum Gasteiger partial charge on any atom is -0.448 e. The molecule has 0 saturated heterocycles. The van der Waals surface area contributed by atoms with Crippen LogP contribution < -0.4 is 16.0 Å². The largest absolute Gasteiger partial charge is 0.448 e. The maximum Gasteiger partial charge on any atom is 0.273 e. The molecule has 148 valence electrons. The molecule has 4 N–H and O–H groups in total. The molecule has 28 heavy (non-hydrogen) atoms. The molecule has 0 aromatic carbocycles. The molecule has 0 unspecified atom stereocenters. The number of carbonyl (C=O) groups is 1. The number of amidine groups is 1. The molecular weight excluding hydrogens is 363 g/mol. The third-order valence-corrected chi connectivity index (χ3v) is 4.28. The van der Waals surface area contributed by atoms with E-state index in [1.165, 1.54) is 24.6 Å². The number of allylic oxidation sites excluding steroid dienone is 1. The van der Waals surface area contributed by atoms with Crippen LogP contribution in [0, 0.1) is 5.82 Å². The minimum absolute atomic E-state index is 0.00562. The Labute approximate surface area is 162 Å². The van der Waals surface area contributed by atoms with Gasteiger partial charge in [-0.2, -0.15) is 0 Å². The van der Waals surface area contributed by atoms with E-state index in [4.69, 9.17) is 4.42 Å². The van der Waals surface area contributed by atoms with Gasteiger partial charge in [0.05, 0.1) is 44.7 Å². The molecule has 0 atom stereocenters. The fraction of sp³-hybridized carbons (Fsp3) is 0.368. The summed E-state index contributed by atoms with van der Waals surface area (Å²) in [6.07, 6.45) is 6.31. The molecule has 0 radical (unpaired) electrons. The summed E-state index contributed by atoms with van der Waals surface area (Å²) in [6.45, 7) is 4.43. The quantitative estimate of drug-likeness (QED) is 0.544. The fourth-order valence-electron chi connectivity index (χ4n) is 2.69. The summed E-state index contributed by atoms with van der Waals surface area (Å²) in [5, 5.41) is 8.03. The first-order valence-corrected chi connectivity index (χ1v) is 9.25. The van der Waals surface area contributed by atoms with E-state index in [1.54, 1.807) is 0 Å². The summed E-state index contributed by atoms with van der Waals surface area (Å²) < 4.78 is 18.9. The topological polar surface area (TPSA) is 109 Å². The van der Waals surface area contributed by atoms with Crippen molar-refractivity contribution in [1.29, 1.82) is 0 Å². The third kappa shape index (κ3) is 5.46. The van der Waals surface area contributed by atoms with Gasteiger partial charge in [-0.25, -0.2) is 9.37 Å². The Balaban J connectivity index is 1.36. The molecule has 8 nitrogen and oxygen atoms in total. The molecule has 0 aliphatic carbocycles. The highest BCUT2D eigenvalue weighted by atomic mass is 19.1. The number of aliphatic imine (C=N–C) groups is 1. The number of hydrogen-bond acceptors (Lipinski definition) is 6. The van der Waals surface area contributed by atoms with Gasteiger partial charge in [-0.1, -0.05) is 6.08 Å². The zero-order valence-corrected chi connectivity index (χ0v) is 15.7. The van der Waals surface area contributed by atoms with Crippen LogP contribution >= 0.6 is 0 Å². The average Bonchev–Trinajstić information content (AvgIpc) is 3.36. The number of quaternary nitrogens is 1. The number of nitrogens with zero attached hydrogens (tertiary/aromatic N) is 3. The van der Waals surface area contributed by atoms with Gasteiger partial charge in [0.2, 0.25) is 0 Å². The van der Waals surface area contributed by atoms with E-state index in [2.05, 4.69) is 30.9 Å². The molecule has 1 aliphatic heterocycles. The van der Waals surface area contributed by atoms with Crippen molar-refractivity contribution in [2.75, 3.05) is 19.6 Å². The zero-order valence-electron chi connectivity index (χ0n) is 15.7. The van der Waals surface area contributed by atoms with E-state index in [1.807, 2.05) is 13.0 Å². The summed E-state index contributed by atoms with van der Waals surface area (Å²) in [4.78, 5) is 24.6. The van der Waals surface area contributed by atoms with Crippen LogP contribution in [0.25, 0.3) is 0 Å². The van der Waals surface area contributed by atoms with Crippen molar-refractivity contribution in [2.45, 2.75) is 26.3 Å². The first-order valence-electron chi connectivity index (χ1n) is 9.25. The Hall–Kier alpha value is -3.07. The van der Waals surface area contributed by atoms with Crippen molar-refractivity contribution in [3.63, 3.8) is 0 Å². The van der Waals surface area contributed by atoms with E-state index in [0.717, 1.165) is 37.6 Å². The first kappa shape index (κ1) is 19.7. The Bertz CT molecular complexity index is 877. The number of aromatic nitrogens is 2. The van der Waals surface area contributed by atoms with E-state index >= 15 is 0 Å². The van der Waals surface area contributed by atoms with Gasteiger partial charge in [0, 0.05) is 11.9 Å². The average molecular weight is 387 g/mol. The second-order valence-corrected chi connectivity index (χ2v) is 6.31. The third-order valence-electron chi connectivity index (χ3n) is 4.28. The maximum atomic E-state index is 13.5. The zero-order chi connectivity index (χ0) is 19.8. The number of carbonyl (C=O) groups excluding carboxylic acids is 1. The van der Waals surface area contributed by atoms with Crippen LogP contribution in [0.15, 0.2) is 45.8 Å². The molecule has 0 saturated carbocycles. The Morgan fingerprint density at radius 1 is 1.43 bits per heavy atom. The van der Waals surface area contributed by atoms with Gasteiger partial charge in [-0.3, -0.25) is 14.8 Å². The first-order chi connectivity index (χ1) is 13.7. The predicted molar refractivity (Wildman–Crippen MR) is 101 cm³/mol. The molecule has 3 heterocycles. The molecule has 9 heteroatoms. The van der Waals surface area contributed by atoms with Gasteiger partial charge in [0.1, 0.15) is 17.9 Å². The molecule has 3 rings (SSSR count). The van der Waals surface area contributed by atoms with Crippen LogP contribution in [0.1, 0.15) is 35.4 Å². The molecular formula is C19H24FN6O2+. The van der Waals surface area contributed by atoms with Crippen LogP contribution in [0.3, 0.4) is 0 Å². The summed E-state index contributed by atoms with van der Waals surface area (Å²) in [5.41, 5.74) is 1.50. The number of amides is 1. The van der Waals surface area contributed by atoms with Crippen LogP contribution in [-0.4, -0.2) is 41.3 Å². The molecule has 1 aliphatic rings. The SMILES string of the molecule is C/C=C1\CN=C(CC[NH2+]CCc2nc(C(=O)NCc3ncccc3F)co2)N1. The number of pyridine rings is 1. The lowest BCUT2D eigenvalue weighted by atomic mass is 10.3. The van der Waals surface area contributed by atoms with Crippen molar-refractivity contribution in [1.82, 2.24) is 20.6 Å². The summed E-state index contributed by atoms with van der Waals surface area (Å²) in [7, 11) is 0. The number of hydrogen-bond donors (Lipinski definition) is 3.